The molecule has 0 radical (unpaired) electrons. The number of pyridine rings is 1. The number of hydrogen-bond donors (Lipinski definition) is 1. The van der Waals surface area contributed by atoms with Gasteiger partial charge < -0.3 is 24.6 Å². The zero-order valence-electron chi connectivity index (χ0n) is 18.0. The van der Waals surface area contributed by atoms with Gasteiger partial charge in [0, 0.05) is 38.4 Å². The van der Waals surface area contributed by atoms with Crippen LogP contribution in [0.3, 0.4) is 0 Å². The van der Waals surface area contributed by atoms with Gasteiger partial charge in [-0.3, -0.25) is 4.79 Å². The zero-order chi connectivity index (χ0) is 20.6. The van der Waals surface area contributed by atoms with Crippen LogP contribution in [0.5, 0.6) is 5.88 Å². The van der Waals surface area contributed by atoms with Crippen LogP contribution in [-0.2, 0) is 4.74 Å². The maximum atomic E-state index is 12.3. The molecule has 1 aromatic rings. The van der Waals surface area contributed by atoms with Crippen LogP contribution in [0.15, 0.2) is 18.3 Å². The maximum Gasteiger partial charge on any atom is 0.252 e. The molecule has 1 aromatic heterocycles. The number of rotatable bonds is 10. The van der Waals surface area contributed by atoms with Gasteiger partial charge in [0.05, 0.1) is 17.8 Å². The summed E-state index contributed by atoms with van der Waals surface area (Å²) in [6.07, 6.45) is 2.70. The highest BCUT2D eigenvalue weighted by molar-refractivity contribution is 5.93. The van der Waals surface area contributed by atoms with Gasteiger partial charge in [-0.2, -0.15) is 0 Å². The third-order valence-corrected chi connectivity index (χ3v) is 4.65. The first kappa shape index (κ1) is 22.6. The van der Waals surface area contributed by atoms with Crippen molar-refractivity contribution in [3.05, 3.63) is 23.9 Å². The van der Waals surface area contributed by atoms with Gasteiger partial charge in [-0.05, 0) is 59.8 Å². The lowest BCUT2D eigenvalue weighted by atomic mass is 10.1. The number of nitrogens with zero attached hydrogens (tertiary/aromatic N) is 3. The third kappa shape index (κ3) is 8.54. The molecule has 1 aliphatic rings. The summed E-state index contributed by atoms with van der Waals surface area (Å²) < 4.78 is 11.2. The topological polar surface area (TPSA) is 66.9 Å². The zero-order valence-corrected chi connectivity index (χ0v) is 18.0. The maximum absolute atomic E-state index is 12.3. The van der Waals surface area contributed by atoms with Crippen molar-refractivity contribution in [3.8, 4) is 5.88 Å². The summed E-state index contributed by atoms with van der Waals surface area (Å²) in [5.74, 6) is 0.938. The van der Waals surface area contributed by atoms with Gasteiger partial charge in [-0.25, -0.2) is 4.98 Å². The Morgan fingerprint density at radius 1 is 1.32 bits per heavy atom. The van der Waals surface area contributed by atoms with Gasteiger partial charge in [0.2, 0.25) is 5.88 Å². The van der Waals surface area contributed by atoms with E-state index in [0.29, 0.717) is 37.1 Å². The summed E-state index contributed by atoms with van der Waals surface area (Å²) in [7, 11) is 4.19. The molecule has 0 aliphatic carbocycles. The van der Waals surface area contributed by atoms with E-state index in [1.807, 2.05) is 20.8 Å². The van der Waals surface area contributed by atoms with Crippen molar-refractivity contribution in [1.82, 2.24) is 20.1 Å². The molecule has 1 unspecified atom stereocenters. The number of carbonyl (C=O) groups excluding carboxylic acids is 1. The minimum absolute atomic E-state index is 0.0816. The van der Waals surface area contributed by atoms with Crippen molar-refractivity contribution < 1.29 is 14.3 Å². The molecule has 0 aromatic carbocycles. The lowest BCUT2D eigenvalue weighted by molar-refractivity contribution is -0.0168. The summed E-state index contributed by atoms with van der Waals surface area (Å²) >= 11 is 0. The second-order valence-electron chi connectivity index (χ2n) is 8.66. The molecule has 0 saturated carbocycles. The second kappa shape index (κ2) is 10.7. The highest BCUT2D eigenvalue weighted by atomic mass is 16.5. The third-order valence-electron chi connectivity index (χ3n) is 4.65. The smallest absolute Gasteiger partial charge is 0.252 e. The van der Waals surface area contributed by atoms with E-state index in [-0.39, 0.29) is 11.5 Å². The van der Waals surface area contributed by atoms with Gasteiger partial charge in [-0.1, -0.05) is 0 Å². The average molecular weight is 393 g/mol. The largest absolute Gasteiger partial charge is 0.475 e. The van der Waals surface area contributed by atoms with Crippen LogP contribution in [0.2, 0.25) is 0 Å². The van der Waals surface area contributed by atoms with E-state index >= 15 is 0 Å². The molecular formula is C21H36N4O3. The van der Waals surface area contributed by atoms with Crippen molar-refractivity contribution in [2.24, 2.45) is 5.92 Å². The van der Waals surface area contributed by atoms with Crippen LogP contribution >= 0.6 is 0 Å². The second-order valence-corrected chi connectivity index (χ2v) is 8.66. The number of nitrogens with one attached hydrogen (secondary N) is 1. The van der Waals surface area contributed by atoms with Crippen molar-refractivity contribution in [2.45, 2.75) is 32.8 Å². The van der Waals surface area contributed by atoms with E-state index in [2.05, 4.69) is 34.2 Å². The van der Waals surface area contributed by atoms with Gasteiger partial charge in [-0.15, -0.1) is 0 Å². The van der Waals surface area contributed by atoms with Crippen LogP contribution in [0, 0.1) is 5.92 Å². The highest BCUT2D eigenvalue weighted by Crippen LogP contribution is 2.15. The van der Waals surface area contributed by atoms with Crippen LogP contribution in [0.4, 0.5) is 0 Å². The SMILES string of the molecule is CN(C)CCN1CCC(CNC(=O)c2ccc(OCCOC(C)(C)C)nc2)C1. The quantitative estimate of drug-likeness (QED) is 0.614. The molecule has 158 valence electrons. The summed E-state index contributed by atoms with van der Waals surface area (Å²) in [5, 5.41) is 3.04. The molecule has 1 atom stereocenters. The van der Waals surface area contributed by atoms with Crippen LogP contribution in [0.25, 0.3) is 0 Å². The number of ether oxygens (including phenoxy) is 2. The van der Waals surface area contributed by atoms with E-state index in [4.69, 9.17) is 9.47 Å². The molecule has 1 aliphatic heterocycles. The Labute approximate surface area is 169 Å². The minimum Gasteiger partial charge on any atom is -0.475 e. The fraction of sp³-hybridized carbons (Fsp3) is 0.714. The van der Waals surface area contributed by atoms with Gasteiger partial charge in [0.25, 0.3) is 5.91 Å². The first-order valence-corrected chi connectivity index (χ1v) is 10.1. The molecule has 1 saturated heterocycles. The monoisotopic (exact) mass is 392 g/mol. The molecule has 2 heterocycles. The molecule has 0 bridgehead atoms. The van der Waals surface area contributed by atoms with Crippen LogP contribution in [0.1, 0.15) is 37.6 Å². The Bertz CT molecular complexity index is 599. The Balaban J connectivity index is 1.67. The molecule has 1 amide bonds. The van der Waals surface area contributed by atoms with E-state index in [0.717, 1.165) is 32.6 Å². The number of hydrogen-bond acceptors (Lipinski definition) is 6. The van der Waals surface area contributed by atoms with Crippen molar-refractivity contribution >= 4 is 5.91 Å². The normalized spacial score (nSPS) is 17.9. The average Bonchev–Trinajstić information content (AvgIpc) is 3.09. The number of likely N-dealkylation sites (tertiary alicyclic amines) is 1. The predicted octanol–water partition coefficient (Wildman–Crippen LogP) is 1.89. The van der Waals surface area contributed by atoms with Crippen LogP contribution in [-0.4, -0.2) is 86.3 Å². The van der Waals surface area contributed by atoms with E-state index < -0.39 is 0 Å². The molecule has 2 rings (SSSR count). The minimum atomic E-state index is -0.179. The molecule has 7 nitrogen and oxygen atoms in total. The molecule has 1 N–H and O–H groups in total. The molecule has 0 spiro atoms. The highest BCUT2D eigenvalue weighted by Gasteiger charge is 2.22. The Hall–Kier alpha value is -1.70. The first-order valence-electron chi connectivity index (χ1n) is 10.1. The Kier molecular flexibility index (Phi) is 8.66. The Morgan fingerprint density at radius 3 is 2.75 bits per heavy atom. The predicted molar refractivity (Wildman–Crippen MR) is 111 cm³/mol. The lowest BCUT2D eigenvalue weighted by Crippen LogP contribution is -2.33. The summed E-state index contributed by atoms with van der Waals surface area (Å²) in [5.41, 5.74) is 0.377. The summed E-state index contributed by atoms with van der Waals surface area (Å²) in [6.45, 7) is 12.0. The summed E-state index contributed by atoms with van der Waals surface area (Å²) in [4.78, 5) is 21.2. The molecule has 7 heteroatoms. The Morgan fingerprint density at radius 2 is 2.11 bits per heavy atom. The van der Waals surface area contributed by atoms with Gasteiger partial charge in [0.15, 0.2) is 0 Å². The number of likely N-dealkylation sites (N-methyl/N-ethyl adjacent to an activating group) is 1. The lowest BCUT2D eigenvalue weighted by Gasteiger charge is -2.19. The molecule has 1 fully saturated rings. The van der Waals surface area contributed by atoms with E-state index in [1.165, 1.54) is 0 Å². The standard InChI is InChI=1S/C21H36N4O3/c1-21(2,3)28-13-12-27-19-7-6-18(15-22-19)20(26)23-14-17-8-9-25(16-17)11-10-24(4)5/h6-7,15,17H,8-14,16H2,1-5H3,(H,23,26). The number of amides is 1. The van der Waals surface area contributed by atoms with Crippen molar-refractivity contribution in [3.63, 3.8) is 0 Å². The first-order chi connectivity index (χ1) is 13.2. The van der Waals surface area contributed by atoms with Gasteiger partial charge >= 0.3 is 0 Å². The number of aromatic nitrogens is 1. The molecular weight excluding hydrogens is 356 g/mol. The van der Waals surface area contributed by atoms with Crippen molar-refractivity contribution in [1.29, 1.82) is 0 Å². The van der Waals surface area contributed by atoms with Crippen LogP contribution < -0.4 is 10.1 Å². The van der Waals surface area contributed by atoms with Crippen molar-refractivity contribution in [2.75, 3.05) is 60.0 Å². The van der Waals surface area contributed by atoms with E-state index in [1.54, 1.807) is 18.3 Å². The van der Waals surface area contributed by atoms with Gasteiger partial charge in [0.1, 0.15) is 6.61 Å². The summed E-state index contributed by atoms with van der Waals surface area (Å²) in [6, 6.07) is 3.48. The number of carbonyl (C=O) groups is 1. The molecule has 28 heavy (non-hydrogen) atoms. The van der Waals surface area contributed by atoms with E-state index in [9.17, 15) is 4.79 Å². The fourth-order valence-electron chi connectivity index (χ4n) is 3.06. The fourth-order valence-corrected chi connectivity index (χ4v) is 3.06.